The number of ether oxygens (including phenoxy) is 1. The summed E-state index contributed by atoms with van der Waals surface area (Å²) in [5.41, 5.74) is 2.17. The molecule has 0 amide bonds. The topological polar surface area (TPSA) is 21.3 Å². The molecular weight excluding hydrogens is 302 g/mol. The van der Waals surface area contributed by atoms with Crippen molar-refractivity contribution in [1.82, 2.24) is 5.32 Å². The van der Waals surface area contributed by atoms with Crippen LogP contribution in [-0.2, 0) is 13.2 Å². The Morgan fingerprint density at radius 3 is 2.48 bits per heavy atom. The Morgan fingerprint density at radius 1 is 1.14 bits per heavy atom. The molecule has 0 aliphatic heterocycles. The van der Waals surface area contributed by atoms with Crippen LogP contribution >= 0.6 is 22.9 Å². The van der Waals surface area contributed by atoms with Gasteiger partial charge in [-0.05, 0) is 62.2 Å². The predicted octanol–water partition coefficient (Wildman–Crippen LogP) is 5.10. The highest BCUT2D eigenvalue weighted by Gasteiger charge is 2.07. The van der Waals surface area contributed by atoms with Crippen molar-refractivity contribution in [1.29, 1.82) is 0 Å². The Labute approximate surface area is 136 Å². The predicted molar refractivity (Wildman–Crippen MR) is 91.6 cm³/mol. The van der Waals surface area contributed by atoms with Crippen molar-refractivity contribution in [3.63, 3.8) is 0 Å². The number of nitrogens with one attached hydrogen (secondary N) is 1. The lowest BCUT2D eigenvalue weighted by molar-refractivity contribution is 0.305. The highest BCUT2D eigenvalue weighted by atomic mass is 35.5. The molecule has 0 radical (unpaired) electrons. The van der Waals surface area contributed by atoms with Gasteiger partial charge >= 0.3 is 0 Å². The summed E-state index contributed by atoms with van der Waals surface area (Å²) in [6.07, 6.45) is 1.16. The van der Waals surface area contributed by atoms with Gasteiger partial charge in [0.15, 0.2) is 0 Å². The van der Waals surface area contributed by atoms with Crippen LogP contribution in [-0.4, -0.2) is 6.54 Å². The van der Waals surface area contributed by atoms with E-state index < -0.39 is 0 Å². The second-order valence-corrected chi connectivity index (χ2v) is 6.89. The lowest BCUT2D eigenvalue weighted by atomic mass is 10.1. The average Bonchev–Trinajstić information content (AvgIpc) is 2.86. The molecule has 1 N–H and O–H groups in total. The molecule has 0 fully saturated rings. The molecule has 2 aromatic rings. The van der Waals surface area contributed by atoms with E-state index in [1.807, 2.05) is 26.0 Å². The van der Waals surface area contributed by atoms with E-state index in [4.69, 9.17) is 16.3 Å². The zero-order chi connectivity index (χ0) is 15.2. The fourth-order valence-electron chi connectivity index (χ4n) is 2.25. The second kappa shape index (κ2) is 7.83. The van der Waals surface area contributed by atoms with Crippen molar-refractivity contribution >= 4 is 22.9 Å². The van der Waals surface area contributed by atoms with Gasteiger partial charge < -0.3 is 10.1 Å². The molecule has 21 heavy (non-hydrogen) atoms. The van der Waals surface area contributed by atoms with Gasteiger partial charge in [0.05, 0.1) is 0 Å². The highest BCUT2D eigenvalue weighted by molar-refractivity contribution is 7.11. The summed E-state index contributed by atoms with van der Waals surface area (Å²) in [5, 5.41) is 4.18. The average molecular weight is 324 g/mol. The summed E-state index contributed by atoms with van der Waals surface area (Å²) < 4.78 is 5.98. The van der Waals surface area contributed by atoms with Crippen molar-refractivity contribution in [2.24, 2.45) is 0 Å². The number of aryl methyl sites for hydroxylation is 2. The van der Waals surface area contributed by atoms with Gasteiger partial charge in [0.25, 0.3) is 0 Å². The molecule has 0 saturated carbocycles. The zero-order valence-electron chi connectivity index (χ0n) is 12.8. The van der Waals surface area contributed by atoms with Gasteiger partial charge in [-0.3, -0.25) is 0 Å². The van der Waals surface area contributed by atoms with E-state index in [9.17, 15) is 0 Å². The lowest BCUT2D eigenvalue weighted by Gasteiger charge is -2.11. The summed E-state index contributed by atoms with van der Waals surface area (Å²) in [6.45, 7) is 8.86. The van der Waals surface area contributed by atoms with Gasteiger partial charge in [0.2, 0.25) is 0 Å². The molecule has 0 spiro atoms. The van der Waals surface area contributed by atoms with E-state index in [-0.39, 0.29) is 0 Å². The van der Waals surface area contributed by atoms with E-state index in [0.29, 0.717) is 6.61 Å². The summed E-state index contributed by atoms with van der Waals surface area (Å²) >= 11 is 7.85. The van der Waals surface area contributed by atoms with Crippen LogP contribution in [0.3, 0.4) is 0 Å². The Hall–Kier alpha value is -1.03. The molecule has 0 atom stereocenters. The van der Waals surface area contributed by atoms with Crippen LogP contribution < -0.4 is 10.1 Å². The van der Waals surface area contributed by atoms with Crippen molar-refractivity contribution in [2.75, 3.05) is 6.54 Å². The molecular formula is C17H22ClNOS. The standard InChI is InChI=1S/C17H22ClNOS/c1-4-7-19-10-15-5-6-16(21-15)11-20-17-12(2)8-14(18)9-13(17)3/h5-6,8-9,19H,4,7,10-11H2,1-3H3. The van der Waals surface area contributed by atoms with Crippen LogP contribution in [0.15, 0.2) is 24.3 Å². The molecule has 0 aliphatic rings. The number of halogens is 1. The van der Waals surface area contributed by atoms with Gasteiger partial charge in [-0.1, -0.05) is 18.5 Å². The molecule has 1 aromatic carbocycles. The molecule has 2 nitrogen and oxygen atoms in total. The van der Waals surface area contributed by atoms with Gasteiger partial charge in [-0.2, -0.15) is 0 Å². The smallest absolute Gasteiger partial charge is 0.125 e. The first-order chi connectivity index (χ1) is 10.1. The van der Waals surface area contributed by atoms with Crippen molar-refractivity contribution in [2.45, 2.75) is 40.3 Å². The lowest BCUT2D eigenvalue weighted by Crippen LogP contribution is -2.12. The Kier molecular flexibility index (Phi) is 6.09. The molecule has 114 valence electrons. The van der Waals surface area contributed by atoms with Crippen LogP contribution in [0.5, 0.6) is 5.75 Å². The van der Waals surface area contributed by atoms with E-state index >= 15 is 0 Å². The minimum Gasteiger partial charge on any atom is -0.488 e. The Bertz CT molecular complexity index is 571. The van der Waals surface area contributed by atoms with Gasteiger partial charge in [0, 0.05) is 21.3 Å². The largest absolute Gasteiger partial charge is 0.488 e. The number of rotatable bonds is 7. The maximum atomic E-state index is 6.04. The van der Waals surface area contributed by atoms with Crippen molar-refractivity contribution < 1.29 is 4.74 Å². The monoisotopic (exact) mass is 323 g/mol. The van der Waals surface area contributed by atoms with Crippen molar-refractivity contribution in [3.05, 3.63) is 50.2 Å². The van der Waals surface area contributed by atoms with Crippen LogP contribution in [0.25, 0.3) is 0 Å². The van der Waals surface area contributed by atoms with Gasteiger partial charge in [-0.25, -0.2) is 0 Å². The molecule has 0 bridgehead atoms. The minimum absolute atomic E-state index is 0.613. The Morgan fingerprint density at radius 2 is 1.81 bits per heavy atom. The van der Waals surface area contributed by atoms with Crippen LogP contribution in [0.2, 0.25) is 5.02 Å². The fourth-order valence-corrected chi connectivity index (χ4v) is 3.48. The van der Waals surface area contributed by atoms with Crippen LogP contribution in [0.4, 0.5) is 0 Å². The number of thiophene rings is 1. The minimum atomic E-state index is 0.613. The summed E-state index contributed by atoms with van der Waals surface area (Å²) in [6, 6.07) is 8.21. The van der Waals surface area contributed by atoms with Crippen LogP contribution in [0, 0.1) is 13.8 Å². The van der Waals surface area contributed by atoms with Crippen LogP contribution in [0.1, 0.15) is 34.2 Å². The zero-order valence-corrected chi connectivity index (χ0v) is 14.4. The van der Waals surface area contributed by atoms with E-state index in [0.717, 1.165) is 41.4 Å². The molecule has 0 unspecified atom stereocenters. The number of hydrogen-bond acceptors (Lipinski definition) is 3. The second-order valence-electron chi connectivity index (χ2n) is 5.20. The molecule has 0 saturated heterocycles. The Balaban J connectivity index is 1.94. The maximum Gasteiger partial charge on any atom is 0.125 e. The van der Waals surface area contributed by atoms with Crippen molar-refractivity contribution in [3.8, 4) is 5.75 Å². The summed E-state index contributed by atoms with van der Waals surface area (Å²) in [7, 11) is 0. The van der Waals surface area contributed by atoms with E-state index in [1.165, 1.54) is 9.75 Å². The third-order valence-electron chi connectivity index (χ3n) is 3.23. The number of benzene rings is 1. The highest BCUT2D eigenvalue weighted by Crippen LogP contribution is 2.28. The third kappa shape index (κ3) is 4.73. The maximum absolute atomic E-state index is 6.04. The van der Waals surface area contributed by atoms with Gasteiger partial charge in [-0.15, -0.1) is 11.3 Å². The first-order valence-corrected chi connectivity index (χ1v) is 8.47. The third-order valence-corrected chi connectivity index (χ3v) is 4.50. The van der Waals surface area contributed by atoms with E-state index in [2.05, 4.69) is 24.4 Å². The molecule has 2 rings (SSSR count). The van der Waals surface area contributed by atoms with E-state index in [1.54, 1.807) is 11.3 Å². The fraction of sp³-hybridized carbons (Fsp3) is 0.412. The first kappa shape index (κ1) is 16.3. The van der Waals surface area contributed by atoms with Gasteiger partial charge in [0.1, 0.15) is 12.4 Å². The number of hydrogen-bond donors (Lipinski definition) is 1. The summed E-state index contributed by atoms with van der Waals surface area (Å²) in [5.74, 6) is 0.943. The normalized spacial score (nSPS) is 10.9. The molecule has 1 aromatic heterocycles. The first-order valence-electron chi connectivity index (χ1n) is 7.28. The molecule has 4 heteroatoms. The quantitative estimate of drug-likeness (QED) is 0.716. The summed E-state index contributed by atoms with van der Waals surface area (Å²) in [4.78, 5) is 2.60. The molecule has 0 aliphatic carbocycles. The SMILES string of the molecule is CCCNCc1ccc(COc2c(C)cc(Cl)cc2C)s1. The molecule has 1 heterocycles.